The molecule has 0 aromatic heterocycles. The molecule has 2 aliphatic rings. The lowest BCUT2D eigenvalue weighted by Gasteiger charge is -2.22. The van der Waals surface area contributed by atoms with E-state index in [9.17, 15) is 5.11 Å². The van der Waals surface area contributed by atoms with Crippen LogP contribution in [0.5, 0.6) is 0 Å². The van der Waals surface area contributed by atoms with Gasteiger partial charge >= 0.3 is 0 Å². The molecule has 2 aliphatic carbocycles. The summed E-state index contributed by atoms with van der Waals surface area (Å²) in [6.07, 6.45) is 6.40. The van der Waals surface area contributed by atoms with Crippen LogP contribution in [0.15, 0.2) is 12.7 Å². The van der Waals surface area contributed by atoms with Gasteiger partial charge in [0, 0.05) is 5.92 Å². The Bertz CT molecular complexity index is 154. The molecule has 0 saturated heterocycles. The van der Waals surface area contributed by atoms with Crippen molar-refractivity contribution in [3.8, 4) is 0 Å². The molecule has 10 heavy (non-hydrogen) atoms. The molecule has 1 heteroatoms. The third-order valence-corrected chi connectivity index (χ3v) is 3.28. The molecule has 2 saturated carbocycles. The van der Waals surface area contributed by atoms with Gasteiger partial charge in [-0.2, -0.15) is 0 Å². The van der Waals surface area contributed by atoms with Crippen molar-refractivity contribution in [2.45, 2.75) is 31.3 Å². The molecule has 1 N–H and O–H groups in total. The van der Waals surface area contributed by atoms with Crippen LogP contribution < -0.4 is 0 Å². The fraction of sp³-hybridized carbons (Fsp3) is 0.778. The Morgan fingerprint density at radius 2 is 2.00 bits per heavy atom. The van der Waals surface area contributed by atoms with Crippen LogP contribution in [0.3, 0.4) is 0 Å². The average Bonchev–Trinajstić information content (AvgIpc) is 2.39. The van der Waals surface area contributed by atoms with Gasteiger partial charge in [-0.25, -0.2) is 0 Å². The SMILES string of the molecule is C=C[C@H]1C2CCC1(O)CC2. The van der Waals surface area contributed by atoms with Crippen molar-refractivity contribution in [3.63, 3.8) is 0 Å². The lowest BCUT2D eigenvalue weighted by molar-refractivity contribution is 0.0287. The number of fused-ring (bicyclic) bond motifs is 2. The summed E-state index contributed by atoms with van der Waals surface area (Å²) in [4.78, 5) is 0. The van der Waals surface area contributed by atoms with Crippen molar-refractivity contribution in [3.05, 3.63) is 12.7 Å². The monoisotopic (exact) mass is 138 g/mol. The largest absolute Gasteiger partial charge is 0.389 e. The predicted molar refractivity (Wildman–Crippen MR) is 40.6 cm³/mol. The minimum Gasteiger partial charge on any atom is -0.389 e. The first kappa shape index (κ1) is 6.41. The Balaban J connectivity index is 2.27. The molecule has 2 fully saturated rings. The van der Waals surface area contributed by atoms with Gasteiger partial charge in [0.1, 0.15) is 0 Å². The molecule has 56 valence electrons. The van der Waals surface area contributed by atoms with E-state index in [1.807, 2.05) is 6.08 Å². The van der Waals surface area contributed by atoms with Gasteiger partial charge < -0.3 is 5.11 Å². The zero-order valence-electron chi connectivity index (χ0n) is 6.21. The molecule has 0 amide bonds. The van der Waals surface area contributed by atoms with Gasteiger partial charge in [-0.05, 0) is 31.6 Å². The quantitative estimate of drug-likeness (QED) is 0.547. The highest BCUT2D eigenvalue weighted by molar-refractivity contribution is 5.09. The van der Waals surface area contributed by atoms with Crippen molar-refractivity contribution < 1.29 is 5.11 Å². The van der Waals surface area contributed by atoms with E-state index in [0.29, 0.717) is 5.92 Å². The van der Waals surface area contributed by atoms with Crippen LogP contribution in [0, 0.1) is 11.8 Å². The molecule has 0 heterocycles. The fourth-order valence-electron chi connectivity index (χ4n) is 2.68. The molecule has 0 spiro atoms. The van der Waals surface area contributed by atoms with E-state index in [2.05, 4.69) is 6.58 Å². The highest BCUT2D eigenvalue weighted by Crippen LogP contribution is 2.52. The van der Waals surface area contributed by atoms with Crippen LogP contribution in [0.25, 0.3) is 0 Å². The molecule has 0 unspecified atom stereocenters. The van der Waals surface area contributed by atoms with E-state index < -0.39 is 0 Å². The lowest BCUT2D eigenvalue weighted by Crippen LogP contribution is -2.28. The smallest absolute Gasteiger partial charge is 0.0712 e. The molecule has 0 aromatic rings. The Morgan fingerprint density at radius 1 is 1.40 bits per heavy atom. The van der Waals surface area contributed by atoms with Crippen molar-refractivity contribution in [2.75, 3.05) is 0 Å². The van der Waals surface area contributed by atoms with Crippen LogP contribution in [0.4, 0.5) is 0 Å². The van der Waals surface area contributed by atoms with Crippen LogP contribution >= 0.6 is 0 Å². The average molecular weight is 138 g/mol. The summed E-state index contributed by atoms with van der Waals surface area (Å²) < 4.78 is 0. The van der Waals surface area contributed by atoms with E-state index in [1.165, 1.54) is 12.8 Å². The zero-order chi connectivity index (χ0) is 7.19. The second kappa shape index (κ2) is 1.85. The summed E-state index contributed by atoms with van der Waals surface area (Å²) in [6.45, 7) is 3.77. The van der Waals surface area contributed by atoms with E-state index in [1.54, 1.807) is 0 Å². The number of aliphatic hydroxyl groups is 1. The normalized spacial score (nSPS) is 51.7. The maximum atomic E-state index is 9.93. The maximum Gasteiger partial charge on any atom is 0.0712 e. The minimum absolute atomic E-state index is 0.341. The predicted octanol–water partition coefficient (Wildman–Crippen LogP) is 1.72. The van der Waals surface area contributed by atoms with Gasteiger partial charge in [0.25, 0.3) is 0 Å². The minimum atomic E-state index is -0.341. The third-order valence-electron chi connectivity index (χ3n) is 3.28. The van der Waals surface area contributed by atoms with Gasteiger partial charge in [-0.3, -0.25) is 0 Å². The van der Waals surface area contributed by atoms with E-state index in [4.69, 9.17) is 0 Å². The molecule has 0 aromatic carbocycles. The Labute approximate surface area is 61.8 Å². The molecule has 1 nitrogen and oxygen atoms in total. The summed E-state index contributed by atoms with van der Waals surface area (Å²) in [5, 5.41) is 9.93. The van der Waals surface area contributed by atoms with E-state index in [-0.39, 0.29) is 5.60 Å². The van der Waals surface area contributed by atoms with E-state index in [0.717, 1.165) is 18.8 Å². The van der Waals surface area contributed by atoms with Crippen molar-refractivity contribution in [1.82, 2.24) is 0 Å². The molecular weight excluding hydrogens is 124 g/mol. The summed E-state index contributed by atoms with van der Waals surface area (Å²) >= 11 is 0. The van der Waals surface area contributed by atoms with Gasteiger partial charge in [-0.1, -0.05) is 6.08 Å². The maximum absolute atomic E-state index is 9.93. The first-order valence-corrected chi connectivity index (χ1v) is 4.11. The van der Waals surface area contributed by atoms with Crippen LogP contribution in [-0.4, -0.2) is 10.7 Å². The molecular formula is C9H14O. The number of rotatable bonds is 1. The molecule has 0 aliphatic heterocycles. The van der Waals surface area contributed by atoms with Crippen LogP contribution in [-0.2, 0) is 0 Å². The Hall–Kier alpha value is -0.300. The second-order valence-electron chi connectivity index (χ2n) is 3.70. The fourth-order valence-corrected chi connectivity index (χ4v) is 2.68. The van der Waals surface area contributed by atoms with Crippen LogP contribution in [0.2, 0.25) is 0 Å². The highest BCUT2D eigenvalue weighted by Gasteiger charge is 2.50. The Kier molecular flexibility index (Phi) is 1.19. The highest BCUT2D eigenvalue weighted by atomic mass is 16.3. The molecule has 2 rings (SSSR count). The zero-order valence-corrected chi connectivity index (χ0v) is 6.21. The third kappa shape index (κ3) is 0.615. The van der Waals surface area contributed by atoms with Crippen molar-refractivity contribution in [1.29, 1.82) is 0 Å². The van der Waals surface area contributed by atoms with E-state index >= 15 is 0 Å². The number of hydrogen-bond donors (Lipinski definition) is 1. The molecule has 2 bridgehead atoms. The summed E-state index contributed by atoms with van der Waals surface area (Å²) in [5.41, 5.74) is -0.341. The lowest BCUT2D eigenvalue weighted by atomic mass is 9.93. The molecule has 0 radical (unpaired) electrons. The summed E-state index contributed by atoms with van der Waals surface area (Å²) in [5.74, 6) is 1.16. The summed E-state index contributed by atoms with van der Waals surface area (Å²) in [6, 6.07) is 0. The van der Waals surface area contributed by atoms with Crippen molar-refractivity contribution >= 4 is 0 Å². The summed E-state index contributed by atoms with van der Waals surface area (Å²) in [7, 11) is 0. The first-order chi connectivity index (χ1) is 4.76. The van der Waals surface area contributed by atoms with Crippen LogP contribution in [0.1, 0.15) is 25.7 Å². The van der Waals surface area contributed by atoms with Crippen molar-refractivity contribution in [2.24, 2.45) is 11.8 Å². The first-order valence-electron chi connectivity index (χ1n) is 4.11. The Morgan fingerprint density at radius 3 is 2.20 bits per heavy atom. The standard InChI is InChI=1S/C9H14O/c1-2-8-7-3-5-9(8,10)6-4-7/h2,7-8,10H,1,3-6H2/t7?,8-,9?/m0/s1. The topological polar surface area (TPSA) is 20.2 Å². The second-order valence-corrected chi connectivity index (χ2v) is 3.70. The molecule has 1 atom stereocenters. The number of hydrogen-bond acceptors (Lipinski definition) is 1. The van der Waals surface area contributed by atoms with Gasteiger partial charge in [0.15, 0.2) is 0 Å². The van der Waals surface area contributed by atoms with Gasteiger partial charge in [0.2, 0.25) is 0 Å². The van der Waals surface area contributed by atoms with Gasteiger partial charge in [0.05, 0.1) is 5.60 Å². The van der Waals surface area contributed by atoms with Gasteiger partial charge in [-0.15, -0.1) is 6.58 Å².